The second kappa shape index (κ2) is 7.81. The topological polar surface area (TPSA) is 52.6 Å². The number of amides is 2. The van der Waals surface area contributed by atoms with Gasteiger partial charge in [0, 0.05) is 18.0 Å². The molecule has 0 bridgehead atoms. The zero-order valence-electron chi connectivity index (χ0n) is 12.0. The Hall–Kier alpha value is -1.85. The van der Waals surface area contributed by atoms with Crippen LogP contribution in [0.1, 0.15) is 23.5 Å². The van der Waals surface area contributed by atoms with Crippen molar-refractivity contribution in [2.75, 3.05) is 13.1 Å². The van der Waals surface area contributed by atoms with Crippen molar-refractivity contribution in [2.24, 2.45) is 0 Å². The maximum Gasteiger partial charge on any atom is 0.317 e. The van der Waals surface area contributed by atoms with Gasteiger partial charge in [0.05, 0.1) is 6.54 Å². The van der Waals surface area contributed by atoms with Crippen LogP contribution in [0.25, 0.3) is 0 Å². The molecule has 2 N–H and O–H groups in total. The predicted molar refractivity (Wildman–Crippen MR) is 85.2 cm³/mol. The molecule has 1 unspecified atom stereocenters. The second-order valence-electron chi connectivity index (χ2n) is 4.73. The molecule has 0 spiro atoms. The van der Waals surface area contributed by atoms with Crippen LogP contribution in [0.15, 0.2) is 47.8 Å². The minimum atomic E-state index is -0.656. The fourth-order valence-corrected chi connectivity index (χ4v) is 2.77. The van der Waals surface area contributed by atoms with Crippen molar-refractivity contribution in [3.05, 3.63) is 58.3 Å². The highest BCUT2D eigenvalue weighted by atomic mass is 32.1. The maximum atomic E-state index is 12.2. The van der Waals surface area contributed by atoms with E-state index < -0.39 is 6.10 Å². The average Bonchev–Trinajstić information content (AvgIpc) is 3.02. The minimum absolute atomic E-state index is 0.156. The Kier molecular flexibility index (Phi) is 5.78. The number of urea groups is 1. The number of carbonyl (C=O) groups is 1. The van der Waals surface area contributed by atoms with Crippen LogP contribution >= 0.6 is 11.3 Å². The highest BCUT2D eigenvalue weighted by molar-refractivity contribution is 7.10. The van der Waals surface area contributed by atoms with E-state index in [-0.39, 0.29) is 12.6 Å². The van der Waals surface area contributed by atoms with Crippen molar-refractivity contribution in [1.29, 1.82) is 0 Å². The van der Waals surface area contributed by atoms with Gasteiger partial charge in [0.1, 0.15) is 6.10 Å². The lowest BCUT2D eigenvalue weighted by Gasteiger charge is -2.25. The molecule has 1 atom stereocenters. The van der Waals surface area contributed by atoms with E-state index in [1.807, 2.05) is 54.8 Å². The number of hydrogen-bond donors (Lipinski definition) is 2. The third-order valence-electron chi connectivity index (χ3n) is 3.10. The molecule has 0 aliphatic heterocycles. The fourth-order valence-electron chi connectivity index (χ4n) is 2.07. The molecule has 0 aliphatic rings. The van der Waals surface area contributed by atoms with Crippen molar-refractivity contribution < 1.29 is 9.90 Å². The molecule has 0 fully saturated rings. The molecule has 2 rings (SSSR count). The van der Waals surface area contributed by atoms with Crippen LogP contribution in [-0.2, 0) is 6.54 Å². The smallest absolute Gasteiger partial charge is 0.317 e. The number of hydrogen-bond acceptors (Lipinski definition) is 3. The van der Waals surface area contributed by atoms with Crippen LogP contribution in [0.4, 0.5) is 4.79 Å². The summed E-state index contributed by atoms with van der Waals surface area (Å²) in [6, 6.07) is 13.4. The first-order chi connectivity index (χ1) is 10.2. The summed E-state index contributed by atoms with van der Waals surface area (Å²) in [4.78, 5) is 14.7. The molecular weight excluding hydrogens is 284 g/mol. The number of rotatable bonds is 6. The Morgan fingerprint density at radius 2 is 2.05 bits per heavy atom. The Bertz CT molecular complexity index is 543. The van der Waals surface area contributed by atoms with Crippen molar-refractivity contribution in [3.63, 3.8) is 0 Å². The number of aliphatic hydroxyl groups excluding tert-OH is 1. The Morgan fingerprint density at radius 3 is 2.67 bits per heavy atom. The normalized spacial score (nSPS) is 11.9. The van der Waals surface area contributed by atoms with Gasteiger partial charge >= 0.3 is 6.03 Å². The molecule has 1 aromatic carbocycles. The summed E-state index contributed by atoms with van der Waals surface area (Å²) in [5.74, 6) is 0. The van der Waals surface area contributed by atoms with Gasteiger partial charge in [-0.05, 0) is 23.9 Å². The Balaban J connectivity index is 2.06. The molecule has 0 saturated carbocycles. The van der Waals surface area contributed by atoms with Gasteiger partial charge in [0.25, 0.3) is 0 Å². The molecule has 0 saturated heterocycles. The van der Waals surface area contributed by atoms with Crippen molar-refractivity contribution in [1.82, 2.24) is 10.2 Å². The monoisotopic (exact) mass is 304 g/mol. The number of nitrogens with one attached hydrogen (secondary N) is 1. The number of benzene rings is 1. The molecule has 21 heavy (non-hydrogen) atoms. The molecule has 112 valence electrons. The Morgan fingerprint density at radius 1 is 1.29 bits per heavy atom. The first-order valence-corrected chi connectivity index (χ1v) is 7.87. The van der Waals surface area contributed by atoms with Crippen LogP contribution in [-0.4, -0.2) is 29.1 Å². The van der Waals surface area contributed by atoms with Gasteiger partial charge in [0.2, 0.25) is 0 Å². The SMILES string of the molecule is CCNC(=O)N(Cc1ccccc1)CC(O)c1cccs1. The van der Waals surface area contributed by atoms with Gasteiger partial charge in [-0.25, -0.2) is 4.79 Å². The highest BCUT2D eigenvalue weighted by Gasteiger charge is 2.19. The molecule has 0 radical (unpaired) electrons. The number of aliphatic hydroxyl groups is 1. The second-order valence-corrected chi connectivity index (χ2v) is 5.71. The molecule has 2 amide bonds. The quantitative estimate of drug-likeness (QED) is 0.862. The van der Waals surface area contributed by atoms with Crippen LogP contribution < -0.4 is 5.32 Å². The largest absolute Gasteiger partial charge is 0.386 e. The lowest BCUT2D eigenvalue weighted by atomic mass is 10.2. The van der Waals surface area contributed by atoms with Crippen molar-refractivity contribution >= 4 is 17.4 Å². The van der Waals surface area contributed by atoms with Gasteiger partial charge in [-0.1, -0.05) is 36.4 Å². The van der Waals surface area contributed by atoms with E-state index in [9.17, 15) is 9.90 Å². The lowest BCUT2D eigenvalue weighted by Crippen LogP contribution is -2.41. The van der Waals surface area contributed by atoms with Crippen molar-refractivity contribution in [3.8, 4) is 0 Å². The standard InChI is InChI=1S/C16H20N2O2S/c1-2-17-16(20)18(11-13-7-4-3-5-8-13)12-14(19)15-9-6-10-21-15/h3-10,14,19H,2,11-12H2,1H3,(H,17,20). The van der Waals surface area contributed by atoms with Crippen LogP contribution in [0.3, 0.4) is 0 Å². The van der Waals surface area contributed by atoms with E-state index in [2.05, 4.69) is 5.32 Å². The van der Waals surface area contributed by atoms with E-state index in [0.29, 0.717) is 13.1 Å². The molecule has 2 aromatic rings. The fraction of sp³-hybridized carbons (Fsp3) is 0.312. The Labute approximate surface area is 129 Å². The summed E-state index contributed by atoms with van der Waals surface area (Å²) < 4.78 is 0. The third-order valence-corrected chi connectivity index (χ3v) is 4.07. The first-order valence-electron chi connectivity index (χ1n) is 6.99. The van der Waals surface area contributed by atoms with Crippen LogP contribution in [0, 0.1) is 0 Å². The summed E-state index contributed by atoms with van der Waals surface area (Å²) in [5, 5.41) is 15.0. The molecule has 5 heteroatoms. The van der Waals surface area contributed by atoms with Gasteiger partial charge in [-0.3, -0.25) is 0 Å². The number of carbonyl (C=O) groups excluding carboxylic acids is 1. The van der Waals surface area contributed by atoms with Gasteiger partial charge in [0.15, 0.2) is 0 Å². The zero-order valence-corrected chi connectivity index (χ0v) is 12.8. The lowest BCUT2D eigenvalue weighted by molar-refractivity contribution is 0.121. The molecule has 4 nitrogen and oxygen atoms in total. The maximum absolute atomic E-state index is 12.2. The molecule has 1 aromatic heterocycles. The number of thiophene rings is 1. The van der Waals surface area contributed by atoms with E-state index in [0.717, 1.165) is 10.4 Å². The molecule has 1 heterocycles. The summed E-state index contributed by atoms with van der Waals surface area (Å²) in [5.41, 5.74) is 1.04. The van der Waals surface area contributed by atoms with Crippen LogP contribution in [0.5, 0.6) is 0 Å². The van der Waals surface area contributed by atoms with E-state index in [1.165, 1.54) is 11.3 Å². The van der Waals surface area contributed by atoms with E-state index >= 15 is 0 Å². The summed E-state index contributed by atoms with van der Waals surface area (Å²) >= 11 is 1.50. The molecule has 0 aliphatic carbocycles. The zero-order chi connectivity index (χ0) is 15.1. The average molecular weight is 304 g/mol. The van der Waals surface area contributed by atoms with Gasteiger partial charge in [-0.2, -0.15) is 0 Å². The highest BCUT2D eigenvalue weighted by Crippen LogP contribution is 2.20. The van der Waals surface area contributed by atoms with Gasteiger partial charge in [-0.15, -0.1) is 11.3 Å². The van der Waals surface area contributed by atoms with Gasteiger partial charge < -0.3 is 15.3 Å². The third kappa shape index (κ3) is 4.58. The first kappa shape index (κ1) is 15.5. The minimum Gasteiger partial charge on any atom is -0.386 e. The predicted octanol–water partition coefficient (Wildman–Crippen LogP) is 3.01. The summed E-state index contributed by atoms with van der Waals surface area (Å²) in [6.07, 6.45) is -0.656. The van der Waals surface area contributed by atoms with Crippen molar-refractivity contribution in [2.45, 2.75) is 19.6 Å². The number of nitrogens with zero attached hydrogens (tertiary/aromatic N) is 1. The molecular formula is C16H20N2O2S. The van der Waals surface area contributed by atoms with E-state index in [4.69, 9.17) is 0 Å². The summed E-state index contributed by atoms with van der Waals surface area (Å²) in [7, 11) is 0. The van der Waals surface area contributed by atoms with E-state index in [1.54, 1.807) is 4.90 Å². The summed E-state index contributed by atoms with van der Waals surface area (Å²) in [6.45, 7) is 3.21. The van der Waals surface area contributed by atoms with Crippen LogP contribution in [0.2, 0.25) is 0 Å².